The second kappa shape index (κ2) is 4.13. The van der Waals surface area contributed by atoms with E-state index < -0.39 is 11.8 Å². The van der Waals surface area contributed by atoms with Gasteiger partial charge in [-0.3, -0.25) is 0 Å². The predicted molar refractivity (Wildman–Crippen MR) is 49.7 cm³/mol. The maximum Gasteiger partial charge on any atom is 0.340 e. The molecule has 0 amide bonds. The van der Waals surface area contributed by atoms with Crippen molar-refractivity contribution >= 4 is 19.3 Å². The normalized spacial score (nSPS) is 9.64. The van der Waals surface area contributed by atoms with Crippen LogP contribution in [0.2, 0.25) is 0 Å². The van der Waals surface area contributed by atoms with Crippen molar-refractivity contribution in [3.8, 4) is 5.75 Å². The number of rotatable bonds is 2. The maximum atomic E-state index is 13.3. The van der Waals surface area contributed by atoms with Gasteiger partial charge >= 0.3 is 5.97 Å². The predicted octanol–water partition coefficient (Wildman–Crippen LogP) is 0.415. The Labute approximate surface area is 82.2 Å². The quantitative estimate of drug-likeness (QED) is 0.505. The van der Waals surface area contributed by atoms with Gasteiger partial charge in [0.15, 0.2) is 0 Å². The standard InChI is InChI=1S/C9H8BFO3/c1-13-5-3-6(9(12)14-2)8(11)7(10)4-5/h3-4H,1-2H3. The van der Waals surface area contributed by atoms with Crippen LogP contribution < -0.4 is 10.2 Å². The molecule has 0 unspecified atom stereocenters. The third-order valence-corrected chi connectivity index (χ3v) is 1.72. The number of esters is 1. The topological polar surface area (TPSA) is 35.5 Å². The van der Waals surface area contributed by atoms with Gasteiger partial charge < -0.3 is 9.47 Å². The van der Waals surface area contributed by atoms with Gasteiger partial charge in [0.1, 0.15) is 19.4 Å². The fourth-order valence-electron chi connectivity index (χ4n) is 0.996. The van der Waals surface area contributed by atoms with Gasteiger partial charge in [-0.25, -0.2) is 9.18 Å². The molecule has 0 aliphatic rings. The maximum absolute atomic E-state index is 13.3. The summed E-state index contributed by atoms with van der Waals surface area (Å²) < 4.78 is 22.5. The number of hydrogen-bond acceptors (Lipinski definition) is 3. The summed E-state index contributed by atoms with van der Waals surface area (Å²) >= 11 is 0. The van der Waals surface area contributed by atoms with E-state index in [1.807, 2.05) is 0 Å². The summed E-state index contributed by atoms with van der Waals surface area (Å²) in [5, 5.41) is 0. The average Bonchev–Trinajstić information content (AvgIpc) is 2.20. The molecule has 1 aromatic rings. The number of benzene rings is 1. The highest BCUT2D eigenvalue weighted by Crippen LogP contribution is 2.15. The van der Waals surface area contributed by atoms with Crippen molar-refractivity contribution in [1.29, 1.82) is 0 Å². The van der Waals surface area contributed by atoms with Crippen molar-refractivity contribution in [2.24, 2.45) is 0 Å². The lowest BCUT2D eigenvalue weighted by molar-refractivity contribution is 0.0595. The lowest BCUT2D eigenvalue weighted by atomic mass is 9.93. The van der Waals surface area contributed by atoms with Gasteiger partial charge in [-0.1, -0.05) is 5.46 Å². The molecule has 0 saturated carbocycles. The van der Waals surface area contributed by atoms with Crippen LogP contribution in [-0.2, 0) is 4.74 Å². The number of halogens is 1. The first-order valence-electron chi connectivity index (χ1n) is 3.81. The van der Waals surface area contributed by atoms with Crippen LogP contribution in [0.4, 0.5) is 4.39 Å². The first kappa shape index (κ1) is 10.6. The van der Waals surface area contributed by atoms with Gasteiger partial charge in [-0.15, -0.1) is 0 Å². The van der Waals surface area contributed by atoms with Crippen LogP contribution >= 0.6 is 0 Å². The average molecular weight is 194 g/mol. The molecule has 0 atom stereocenters. The molecular formula is C9H8BFO3. The van der Waals surface area contributed by atoms with Crippen molar-refractivity contribution in [3.63, 3.8) is 0 Å². The van der Waals surface area contributed by atoms with E-state index in [0.717, 1.165) is 7.11 Å². The Hall–Kier alpha value is -1.52. The van der Waals surface area contributed by atoms with Gasteiger partial charge in [-0.2, -0.15) is 0 Å². The van der Waals surface area contributed by atoms with Gasteiger partial charge in [0.05, 0.1) is 19.8 Å². The van der Waals surface area contributed by atoms with Crippen LogP contribution in [-0.4, -0.2) is 28.0 Å². The number of carbonyl (C=O) groups is 1. The lowest BCUT2D eigenvalue weighted by Gasteiger charge is -2.07. The van der Waals surface area contributed by atoms with E-state index in [0.29, 0.717) is 5.75 Å². The fraction of sp³-hybridized carbons (Fsp3) is 0.222. The summed E-state index contributed by atoms with van der Waals surface area (Å²) in [6.45, 7) is 0. The highest BCUT2D eigenvalue weighted by atomic mass is 19.1. The van der Waals surface area contributed by atoms with E-state index in [1.54, 1.807) is 0 Å². The van der Waals surface area contributed by atoms with Gasteiger partial charge in [0.2, 0.25) is 0 Å². The van der Waals surface area contributed by atoms with Crippen LogP contribution in [0.3, 0.4) is 0 Å². The summed E-state index contributed by atoms with van der Waals surface area (Å²) in [6.07, 6.45) is 0. The smallest absolute Gasteiger partial charge is 0.340 e. The Morgan fingerprint density at radius 1 is 1.43 bits per heavy atom. The largest absolute Gasteiger partial charge is 0.497 e. The minimum Gasteiger partial charge on any atom is -0.497 e. The zero-order valence-electron chi connectivity index (χ0n) is 7.83. The van der Waals surface area contributed by atoms with Crippen LogP contribution in [0.1, 0.15) is 10.4 Å². The molecule has 0 heterocycles. The Morgan fingerprint density at radius 3 is 2.57 bits per heavy atom. The number of ether oxygens (including phenoxy) is 2. The molecule has 0 saturated heterocycles. The third-order valence-electron chi connectivity index (χ3n) is 1.72. The minimum atomic E-state index is -0.794. The summed E-state index contributed by atoms with van der Waals surface area (Å²) in [5.41, 5.74) is -0.380. The SMILES string of the molecule is [B]c1cc(OC)cc(C(=O)OC)c1F. The number of hydrogen-bond donors (Lipinski definition) is 0. The van der Waals surface area contributed by atoms with E-state index in [4.69, 9.17) is 12.6 Å². The molecule has 0 spiro atoms. The molecule has 1 aromatic carbocycles. The van der Waals surface area contributed by atoms with Crippen molar-refractivity contribution in [2.45, 2.75) is 0 Å². The first-order chi connectivity index (χ1) is 6.60. The molecule has 14 heavy (non-hydrogen) atoms. The van der Waals surface area contributed by atoms with Crippen molar-refractivity contribution in [1.82, 2.24) is 0 Å². The summed E-state index contributed by atoms with van der Waals surface area (Å²) in [5.74, 6) is -1.27. The van der Waals surface area contributed by atoms with Gasteiger partial charge in [-0.05, 0) is 12.1 Å². The zero-order chi connectivity index (χ0) is 10.7. The third kappa shape index (κ3) is 1.87. The molecule has 0 N–H and O–H groups in total. The molecule has 0 aliphatic carbocycles. The van der Waals surface area contributed by atoms with E-state index in [-0.39, 0.29) is 11.0 Å². The summed E-state index contributed by atoms with van der Waals surface area (Å²) in [6, 6.07) is 2.53. The molecular weight excluding hydrogens is 186 g/mol. The summed E-state index contributed by atoms with van der Waals surface area (Å²) in [7, 11) is 7.89. The van der Waals surface area contributed by atoms with Crippen LogP contribution in [0.15, 0.2) is 12.1 Å². The van der Waals surface area contributed by atoms with E-state index in [1.165, 1.54) is 19.2 Å². The zero-order valence-corrected chi connectivity index (χ0v) is 7.83. The van der Waals surface area contributed by atoms with Gasteiger partial charge in [0, 0.05) is 0 Å². The Bertz CT molecular complexity index is 365. The fourth-order valence-corrected chi connectivity index (χ4v) is 0.996. The Balaban J connectivity index is 3.27. The highest BCUT2D eigenvalue weighted by Gasteiger charge is 2.15. The number of methoxy groups -OCH3 is 2. The Morgan fingerprint density at radius 2 is 2.07 bits per heavy atom. The van der Waals surface area contributed by atoms with Crippen LogP contribution in [0.5, 0.6) is 5.75 Å². The molecule has 0 bridgehead atoms. The molecule has 0 aliphatic heterocycles. The van der Waals surface area contributed by atoms with Crippen molar-refractivity contribution < 1.29 is 18.7 Å². The molecule has 2 radical (unpaired) electrons. The number of carbonyl (C=O) groups excluding carboxylic acids is 1. The Kier molecular flexibility index (Phi) is 3.12. The van der Waals surface area contributed by atoms with Gasteiger partial charge in [0.25, 0.3) is 0 Å². The monoisotopic (exact) mass is 194 g/mol. The second-order valence-electron chi connectivity index (χ2n) is 2.57. The van der Waals surface area contributed by atoms with E-state index in [9.17, 15) is 9.18 Å². The minimum absolute atomic E-state index is 0.148. The van der Waals surface area contributed by atoms with Crippen molar-refractivity contribution in [3.05, 3.63) is 23.5 Å². The molecule has 0 fully saturated rings. The first-order valence-corrected chi connectivity index (χ1v) is 3.81. The second-order valence-corrected chi connectivity index (χ2v) is 2.57. The summed E-state index contributed by atoms with van der Waals surface area (Å²) in [4.78, 5) is 11.1. The van der Waals surface area contributed by atoms with E-state index >= 15 is 0 Å². The molecule has 3 nitrogen and oxygen atoms in total. The highest BCUT2D eigenvalue weighted by molar-refractivity contribution is 6.33. The molecule has 1 rings (SSSR count). The van der Waals surface area contributed by atoms with Crippen LogP contribution in [0.25, 0.3) is 0 Å². The molecule has 72 valence electrons. The van der Waals surface area contributed by atoms with Crippen LogP contribution in [0, 0.1) is 5.82 Å². The molecule has 0 aromatic heterocycles. The lowest BCUT2D eigenvalue weighted by Crippen LogP contribution is -2.16. The van der Waals surface area contributed by atoms with E-state index in [2.05, 4.69) is 4.74 Å². The van der Waals surface area contributed by atoms with Crippen molar-refractivity contribution in [2.75, 3.05) is 14.2 Å². The molecule has 5 heteroatoms.